The maximum Gasteiger partial charge on any atom is 0.408 e. The van der Waals surface area contributed by atoms with Gasteiger partial charge in [-0.2, -0.15) is 0 Å². The van der Waals surface area contributed by atoms with Crippen molar-refractivity contribution >= 4 is 18.0 Å². The Bertz CT molecular complexity index is 1120. The Kier molecular flexibility index (Phi) is 9.88. The molecule has 0 aliphatic rings. The summed E-state index contributed by atoms with van der Waals surface area (Å²) in [7, 11) is 2.83. The Labute approximate surface area is 210 Å². The van der Waals surface area contributed by atoms with Crippen molar-refractivity contribution in [2.24, 2.45) is 0 Å². The van der Waals surface area contributed by atoms with E-state index < -0.39 is 30.1 Å². The predicted octanol–water partition coefficient (Wildman–Crippen LogP) is 3.43. The second-order valence-corrected chi connectivity index (χ2v) is 8.08. The highest BCUT2D eigenvalue weighted by Gasteiger charge is 2.28. The quantitative estimate of drug-likeness (QED) is 0.399. The van der Waals surface area contributed by atoms with E-state index in [1.807, 2.05) is 60.7 Å². The minimum atomic E-state index is -0.996. The highest BCUT2D eigenvalue weighted by molar-refractivity contribution is 5.90. The highest BCUT2D eigenvalue weighted by Crippen LogP contribution is 2.14. The van der Waals surface area contributed by atoms with Crippen LogP contribution in [0.1, 0.15) is 16.7 Å². The zero-order valence-corrected chi connectivity index (χ0v) is 20.3. The van der Waals surface area contributed by atoms with Gasteiger partial charge >= 0.3 is 12.1 Å². The van der Waals surface area contributed by atoms with Crippen LogP contribution in [0, 0.1) is 0 Å². The van der Waals surface area contributed by atoms with Gasteiger partial charge in [0.05, 0.1) is 14.2 Å². The lowest BCUT2D eigenvalue weighted by Gasteiger charge is -2.22. The number of methoxy groups -OCH3 is 2. The number of benzene rings is 3. The number of hydrogen-bond acceptors (Lipinski definition) is 6. The van der Waals surface area contributed by atoms with Crippen molar-refractivity contribution in [3.05, 3.63) is 102 Å². The number of alkyl carbamates (subject to hydrolysis) is 1. The van der Waals surface area contributed by atoms with Crippen LogP contribution in [0.3, 0.4) is 0 Å². The Balaban J connectivity index is 1.73. The van der Waals surface area contributed by atoms with Crippen LogP contribution in [0.5, 0.6) is 5.75 Å². The summed E-state index contributed by atoms with van der Waals surface area (Å²) in [5, 5.41) is 5.36. The highest BCUT2D eigenvalue weighted by atomic mass is 16.5. The zero-order chi connectivity index (χ0) is 25.8. The monoisotopic (exact) mass is 490 g/mol. The summed E-state index contributed by atoms with van der Waals surface area (Å²) in [5.41, 5.74) is 2.46. The number of carbonyl (C=O) groups is 3. The van der Waals surface area contributed by atoms with Gasteiger partial charge in [0.25, 0.3) is 0 Å². The van der Waals surface area contributed by atoms with Crippen molar-refractivity contribution in [1.82, 2.24) is 10.6 Å². The van der Waals surface area contributed by atoms with Gasteiger partial charge in [-0.15, -0.1) is 0 Å². The van der Waals surface area contributed by atoms with E-state index in [1.54, 1.807) is 31.4 Å². The van der Waals surface area contributed by atoms with Crippen LogP contribution < -0.4 is 15.4 Å². The van der Waals surface area contributed by atoms with Crippen molar-refractivity contribution in [2.45, 2.75) is 31.5 Å². The molecule has 0 fully saturated rings. The second kappa shape index (κ2) is 13.5. The molecule has 3 rings (SSSR count). The van der Waals surface area contributed by atoms with Crippen molar-refractivity contribution in [3.63, 3.8) is 0 Å². The molecule has 2 N–H and O–H groups in total. The van der Waals surface area contributed by atoms with Gasteiger partial charge in [0, 0.05) is 12.8 Å². The minimum absolute atomic E-state index is 0.0579. The molecular weight excluding hydrogens is 460 g/mol. The van der Waals surface area contributed by atoms with Gasteiger partial charge in [-0.1, -0.05) is 72.8 Å². The molecule has 8 nitrogen and oxygen atoms in total. The van der Waals surface area contributed by atoms with Crippen LogP contribution >= 0.6 is 0 Å². The van der Waals surface area contributed by atoms with Crippen molar-refractivity contribution in [3.8, 4) is 5.75 Å². The van der Waals surface area contributed by atoms with Gasteiger partial charge < -0.3 is 24.8 Å². The number of esters is 1. The van der Waals surface area contributed by atoms with Crippen LogP contribution in [-0.4, -0.2) is 44.3 Å². The molecule has 0 radical (unpaired) electrons. The number of nitrogens with one attached hydrogen (secondary N) is 2. The SMILES string of the molecule is COC(=O)C(Cc1ccccc1)NC(=O)C(Cc1ccc(OC)cc1)NC(=O)OCc1ccccc1. The summed E-state index contributed by atoms with van der Waals surface area (Å²) in [4.78, 5) is 38.3. The third-order valence-electron chi connectivity index (χ3n) is 5.51. The van der Waals surface area contributed by atoms with Crippen LogP contribution in [0.15, 0.2) is 84.9 Å². The lowest BCUT2D eigenvalue weighted by atomic mass is 10.0. The smallest absolute Gasteiger partial charge is 0.408 e. The molecule has 0 aliphatic heterocycles. The molecule has 8 heteroatoms. The Morgan fingerprint density at radius 3 is 1.83 bits per heavy atom. The molecule has 3 aromatic rings. The summed E-state index contributed by atoms with van der Waals surface area (Å²) < 4.78 is 15.4. The van der Waals surface area contributed by atoms with E-state index in [-0.39, 0.29) is 19.4 Å². The average Bonchev–Trinajstić information content (AvgIpc) is 2.92. The molecular formula is C28H30N2O6. The van der Waals surface area contributed by atoms with Gasteiger partial charge in [0.1, 0.15) is 24.4 Å². The second-order valence-electron chi connectivity index (χ2n) is 8.08. The fourth-order valence-electron chi connectivity index (χ4n) is 3.57. The Morgan fingerprint density at radius 2 is 1.25 bits per heavy atom. The Hall–Kier alpha value is -4.33. The van der Waals surface area contributed by atoms with E-state index in [0.29, 0.717) is 5.75 Å². The number of ether oxygens (including phenoxy) is 3. The summed E-state index contributed by atoms with van der Waals surface area (Å²) in [6.07, 6.45) is -0.326. The number of hydrogen-bond donors (Lipinski definition) is 2. The first-order valence-electron chi connectivity index (χ1n) is 11.5. The summed E-state index contributed by atoms with van der Waals surface area (Å²) in [5.74, 6) is -0.445. The van der Waals surface area contributed by atoms with E-state index in [0.717, 1.165) is 16.7 Å². The lowest BCUT2D eigenvalue weighted by Crippen LogP contribution is -2.53. The molecule has 0 aromatic heterocycles. The summed E-state index contributed by atoms with van der Waals surface area (Å²) >= 11 is 0. The van der Waals surface area contributed by atoms with E-state index in [2.05, 4.69) is 10.6 Å². The molecule has 0 saturated heterocycles. The topological polar surface area (TPSA) is 103 Å². The van der Waals surface area contributed by atoms with Gasteiger partial charge in [0.2, 0.25) is 5.91 Å². The van der Waals surface area contributed by atoms with Gasteiger partial charge in [-0.3, -0.25) is 4.79 Å². The number of amides is 2. The normalized spacial score (nSPS) is 12.1. The molecule has 2 atom stereocenters. The fraction of sp³-hybridized carbons (Fsp3) is 0.250. The first-order valence-corrected chi connectivity index (χ1v) is 11.5. The van der Waals surface area contributed by atoms with E-state index in [4.69, 9.17) is 14.2 Å². The van der Waals surface area contributed by atoms with Crippen molar-refractivity contribution < 1.29 is 28.6 Å². The molecule has 0 heterocycles. The fourth-order valence-corrected chi connectivity index (χ4v) is 3.57. The van der Waals surface area contributed by atoms with Gasteiger partial charge in [0.15, 0.2) is 0 Å². The molecule has 188 valence electrons. The van der Waals surface area contributed by atoms with E-state index in [1.165, 1.54) is 7.11 Å². The maximum atomic E-state index is 13.3. The van der Waals surface area contributed by atoms with Gasteiger partial charge in [-0.25, -0.2) is 9.59 Å². The van der Waals surface area contributed by atoms with E-state index in [9.17, 15) is 14.4 Å². The molecule has 0 spiro atoms. The van der Waals surface area contributed by atoms with Crippen LogP contribution in [0.4, 0.5) is 4.79 Å². The van der Waals surface area contributed by atoms with Crippen LogP contribution in [0.25, 0.3) is 0 Å². The van der Waals surface area contributed by atoms with E-state index >= 15 is 0 Å². The lowest BCUT2D eigenvalue weighted by molar-refractivity contribution is -0.145. The van der Waals surface area contributed by atoms with Gasteiger partial charge in [-0.05, 0) is 28.8 Å². The molecule has 0 aliphatic carbocycles. The van der Waals surface area contributed by atoms with Crippen LogP contribution in [0.2, 0.25) is 0 Å². The predicted molar refractivity (Wildman–Crippen MR) is 134 cm³/mol. The van der Waals surface area contributed by atoms with Crippen molar-refractivity contribution in [1.29, 1.82) is 0 Å². The standard InChI is InChI=1S/C28H30N2O6/c1-34-23-15-13-21(14-16-23)17-24(30-28(33)36-19-22-11-7-4-8-12-22)26(31)29-25(27(32)35-2)18-20-9-5-3-6-10-20/h3-16,24-25H,17-19H2,1-2H3,(H,29,31)(H,30,33). The molecule has 0 saturated carbocycles. The maximum absolute atomic E-state index is 13.3. The average molecular weight is 491 g/mol. The number of rotatable bonds is 11. The zero-order valence-electron chi connectivity index (χ0n) is 20.3. The summed E-state index contributed by atoms with van der Waals surface area (Å²) in [6.45, 7) is 0.0579. The van der Waals surface area contributed by atoms with Crippen LogP contribution in [-0.2, 0) is 38.5 Å². The molecule has 0 bridgehead atoms. The molecule has 36 heavy (non-hydrogen) atoms. The molecule has 2 unspecified atom stereocenters. The third kappa shape index (κ3) is 8.16. The summed E-state index contributed by atoms with van der Waals surface area (Å²) in [6, 6.07) is 23.7. The largest absolute Gasteiger partial charge is 0.497 e. The third-order valence-corrected chi connectivity index (χ3v) is 5.51. The Morgan fingerprint density at radius 1 is 0.694 bits per heavy atom. The molecule has 3 aromatic carbocycles. The minimum Gasteiger partial charge on any atom is -0.497 e. The first-order chi connectivity index (χ1) is 17.5. The first kappa shape index (κ1) is 26.3. The number of carbonyl (C=O) groups excluding carboxylic acids is 3. The van der Waals surface area contributed by atoms with Crippen molar-refractivity contribution in [2.75, 3.05) is 14.2 Å². The molecule has 2 amide bonds.